The molecule has 102 valence electrons. The molecule has 0 saturated carbocycles. The van der Waals surface area contributed by atoms with E-state index in [0.717, 1.165) is 0 Å². The standard InChI is InChI=1S/C14H19N3O2/c1-10(2)17(8-4-7-15)14(18)12-6-5-11(19-3)9-13(12)16/h5-6,9-10H,4,8,16H2,1-3H3. The van der Waals surface area contributed by atoms with E-state index in [2.05, 4.69) is 0 Å². The Hall–Kier alpha value is -2.22. The first kappa shape index (κ1) is 14.8. The molecule has 0 aliphatic rings. The molecule has 0 aliphatic heterocycles. The highest BCUT2D eigenvalue weighted by molar-refractivity contribution is 5.99. The van der Waals surface area contributed by atoms with Crippen molar-refractivity contribution in [2.45, 2.75) is 26.3 Å². The minimum Gasteiger partial charge on any atom is -0.497 e. The third-order valence-corrected chi connectivity index (χ3v) is 2.84. The lowest BCUT2D eigenvalue weighted by Gasteiger charge is -2.26. The number of hydrogen-bond donors (Lipinski definition) is 1. The summed E-state index contributed by atoms with van der Waals surface area (Å²) in [5.41, 5.74) is 6.69. The Balaban J connectivity index is 3.00. The number of anilines is 1. The van der Waals surface area contributed by atoms with E-state index >= 15 is 0 Å². The van der Waals surface area contributed by atoms with Gasteiger partial charge in [0.15, 0.2) is 0 Å². The van der Waals surface area contributed by atoms with Crippen LogP contribution in [0.4, 0.5) is 5.69 Å². The fraction of sp³-hybridized carbons (Fsp3) is 0.429. The largest absolute Gasteiger partial charge is 0.497 e. The van der Waals surface area contributed by atoms with Gasteiger partial charge in [-0.05, 0) is 26.0 Å². The molecule has 0 unspecified atom stereocenters. The molecule has 1 rings (SSSR count). The Labute approximate surface area is 113 Å². The number of nitrogens with zero attached hydrogens (tertiary/aromatic N) is 2. The van der Waals surface area contributed by atoms with Crippen LogP contribution in [0.3, 0.4) is 0 Å². The quantitative estimate of drug-likeness (QED) is 0.822. The maximum Gasteiger partial charge on any atom is 0.256 e. The van der Waals surface area contributed by atoms with E-state index in [1.165, 1.54) is 0 Å². The number of methoxy groups -OCH3 is 1. The lowest BCUT2D eigenvalue weighted by molar-refractivity contribution is 0.0711. The summed E-state index contributed by atoms with van der Waals surface area (Å²) in [7, 11) is 1.55. The molecule has 0 aliphatic carbocycles. The molecule has 0 radical (unpaired) electrons. The minimum atomic E-state index is -0.162. The Morgan fingerprint density at radius 3 is 2.68 bits per heavy atom. The number of amides is 1. The fourth-order valence-electron chi connectivity index (χ4n) is 1.78. The van der Waals surface area contributed by atoms with Crippen molar-refractivity contribution in [3.63, 3.8) is 0 Å². The monoisotopic (exact) mass is 261 g/mol. The second-order valence-corrected chi connectivity index (χ2v) is 4.45. The van der Waals surface area contributed by atoms with Crippen molar-refractivity contribution in [2.75, 3.05) is 19.4 Å². The van der Waals surface area contributed by atoms with Crippen molar-refractivity contribution in [1.29, 1.82) is 5.26 Å². The number of nitrogen functional groups attached to an aromatic ring is 1. The lowest BCUT2D eigenvalue weighted by atomic mass is 10.1. The van der Waals surface area contributed by atoms with E-state index in [1.807, 2.05) is 19.9 Å². The average Bonchev–Trinajstić information content (AvgIpc) is 2.38. The topological polar surface area (TPSA) is 79.3 Å². The number of carbonyl (C=O) groups is 1. The number of hydrogen-bond acceptors (Lipinski definition) is 4. The van der Waals surface area contributed by atoms with E-state index in [4.69, 9.17) is 15.7 Å². The smallest absolute Gasteiger partial charge is 0.256 e. The second-order valence-electron chi connectivity index (χ2n) is 4.45. The van der Waals surface area contributed by atoms with E-state index in [-0.39, 0.29) is 11.9 Å². The molecule has 0 bridgehead atoms. The Kier molecular flexibility index (Phi) is 5.19. The van der Waals surface area contributed by atoms with E-state index in [1.54, 1.807) is 30.2 Å². The first-order chi connectivity index (χ1) is 9.01. The first-order valence-electron chi connectivity index (χ1n) is 6.12. The van der Waals surface area contributed by atoms with E-state index in [9.17, 15) is 4.79 Å². The van der Waals surface area contributed by atoms with Gasteiger partial charge in [-0.2, -0.15) is 5.26 Å². The van der Waals surface area contributed by atoms with Crippen LogP contribution in [0.15, 0.2) is 18.2 Å². The molecule has 1 amide bonds. The average molecular weight is 261 g/mol. The summed E-state index contributed by atoms with van der Waals surface area (Å²) in [5, 5.41) is 8.64. The number of nitrogens with two attached hydrogens (primary N) is 1. The summed E-state index contributed by atoms with van der Waals surface area (Å²) < 4.78 is 5.05. The van der Waals surface area contributed by atoms with Crippen LogP contribution >= 0.6 is 0 Å². The van der Waals surface area contributed by atoms with Gasteiger partial charge in [-0.1, -0.05) is 0 Å². The van der Waals surface area contributed by atoms with Crippen LogP contribution in [0, 0.1) is 11.3 Å². The van der Waals surface area contributed by atoms with Crippen LogP contribution in [0.1, 0.15) is 30.6 Å². The van der Waals surface area contributed by atoms with Crippen molar-refractivity contribution in [1.82, 2.24) is 4.90 Å². The third-order valence-electron chi connectivity index (χ3n) is 2.84. The van der Waals surface area contributed by atoms with E-state index < -0.39 is 0 Å². The summed E-state index contributed by atoms with van der Waals surface area (Å²) >= 11 is 0. The van der Waals surface area contributed by atoms with Crippen LogP contribution in [0.5, 0.6) is 5.75 Å². The molecule has 1 aromatic carbocycles. The fourth-order valence-corrected chi connectivity index (χ4v) is 1.78. The van der Waals surface area contributed by atoms with Crippen molar-refractivity contribution >= 4 is 11.6 Å². The number of benzene rings is 1. The van der Waals surface area contributed by atoms with Crippen LogP contribution in [0.25, 0.3) is 0 Å². The molecule has 5 nitrogen and oxygen atoms in total. The zero-order chi connectivity index (χ0) is 14.4. The van der Waals surface area contributed by atoms with Gasteiger partial charge in [-0.25, -0.2) is 0 Å². The molecule has 0 heterocycles. The number of rotatable bonds is 5. The maximum atomic E-state index is 12.4. The normalized spacial score (nSPS) is 10.1. The SMILES string of the molecule is COc1ccc(C(=O)N(CCC#N)C(C)C)c(N)c1. The van der Waals surface area contributed by atoms with Crippen LogP contribution in [-0.4, -0.2) is 30.5 Å². The van der Waals surface area contributed by atoms with Crippen molar-refractivity contribution in [2.24, 2.45) is 0 Å². The Bertz CT molecular complexity index is 492. The van der Waals surface area contributed by atoms with Crippen LogP contribution < -0.4 is 10.5 Å². The van der Waals surface area contributed by atoms with Crippen molar-refractivity contribution < 1.29 is 9.53 Å². The first-order valence-corrected chi connectivity index (χ1v) is 6.12. The highest BCUT2D eigenvalue weighted by atomic mass is 16.5. The molecule has 0 aromatic heterocycles. The molecular formula is C14H19N3O2. The molecular weight excluding hydrogens is 242 g/mol. The molecule has 1 aromatic rings. The highest BCUT2D eigenvalue weighted by Gasteiger charge is 2.20. The molecule has 5 heteroatoms. The zero-order valence-corrected chi connectivity index (χ0v) is 11.5. The number of ether oxygens (including phenoxy) is 1. The number of nitriles is 1. The van der Waals surface area contributed by atoms with Gasteiger partial charge >= 0.3 is 0 Å². The molecule has 0 saturated heterocycles. The molecule has 0 spiro atoms. The maximum absolute atomic E-state index is 12.4. The van der Waals surface area contributed by atoms with E-state index in [0.29, 0.717) is 30.0 Å². The second kappa shape index (κ2) is 6.64. The summed E-state index contributed by atoms with van der Waals surface area (Å²) in [5.74, 6) is 0.451. The molecule has 2 N–H and O–H groups in total. The predicted molar refractivity (Wildman–Crippen MR) is 73.8 cm³/mol. The van der Waals surface area contributed by atoms with Gasteiger partial charge < -0.3 is 15.4 Å². The number of carbonyl (C=O) groups excluding carboxylic acids is 1. The molecule has 0 fully saturated rings. The van der Waals surface area contributed by atoms with Gasteiger partial charge in [0.1, 0.15) is 5.75 Å². The minimum absolute atomic E-state index is 0.0161. The van der Waals surface area contributed by atoms with Gasteiger partial charge in [0.25, 0.3) is 5.91 Å². The van der Waals surface area contributed by atoms with Crippen molar-refractivity contribution in [3.8, 4) is 11.8 Å². The van der Waals surface area contributed by atoms with Crippen LogP contribution in [-0.2, 0) is 0 Å². The zero-order valence-electron chi connectivity index (χ0n) is 11.5. The van der Waals surface area contributed by atoms with Gasteiger partial charge in [-0.15, -0.1) is 0 Å². The van der Waals surface area contributed by atoms with Crippen molar-refractivity contribution in [3.05, 3.63) is 23.8 Å². The van der Waals surface area contributed by atoms with Gasteiger partial charge in [-0.3, -0.25) is 4.79 Å². The summed E-state index contributed by atoms with van der Waals surface area (Å²) in [6.45, 7) is 4.22. The summed E-state index contributed by atoms with van der Waals surface area (Å²) in [6.07, 6.45) is 0.306. The summed E-state index contributed by atoms with van der Waals surface area (Å²) in [6, 6.07) is 7.04. The molecule has 0 atom stereocenters. The van der Waals surface area contributed by atoms with Gasteiger partial charge in [0, 0.05) is 24.3 Å². The van der Waals surface area contributed by atoms with Crippen LogP contribution in [0.2, 0.25) is 0 Å². The Morgan fingerprint density at radius 2 is 2.21 bits per heavy atom. The lowest BCUT2D eigenvalue weighted by Crippen LogP contribution is -2.38. The highest BCUT2D eigenvalue weighted by Crippen LogP contribution is 2.21. The van der Waals surface area contributed by atoms with Gasteiger partial charge in [0.2, 0.25) is 0 Å². The van der Waals surface area contributed by atoms with Gasteiger partial charge in [0.05, 0.1) is 25.2 Å². The third kappa shape index (κ3) is 3.62. The summed E-state index contributed by atoms with van der Waals surface area (Å²) in [4.78, 5) is 14.0. The predicted octanol–water partition coefficient (Wildman–Crippen LogP) is 2.04. The Morgan fingerprint density at radius 1 is 1.53 bits per heavy atom. The molecule has 19 heavy (non-hydrogen) atoms.